The summed E-state index contributed by atoms with van der Waals surface area (Å²) in [6, 6.07) is 5.66. The van der Waals surface area contributed by atoms with Gasteiger partial charge in [0.15, 0.2) is 11.7 Å². The van der Waals surface area contributed by atoms with Crippen molar-refractivity contribution in [3.63, 3.8) is 0 Å². The topological polar surface area (TPSA) is 388 Å². The zero-order valence-electron chi connectivity index (χ0n) is 40.6. The molecular formula is C49H69N9O14. The van der Waals surface area contributed by atoms with Crippen LogP contribution in [-0.2, 0) is 60.8 Å². The summed E-state index contributed by atoms with van der Waals surface area (Å²) in [4.78, 5) is 135. The van der Waals surface area contributed by atoms with E-state index in [1.165, 1.54) is 26.0 Å². The molecule has 394 valence electrons. The number of nitrogens with two attached hydrogens (primary N) is 2. The number of carbonyl (C=O) groups excluding carboxylic acids is 8. The van der Waals surface area contributed by atoms with E-state index in [0.717, 1.165) is 19.3 Å². The van der Waals surface area contributed by atoms with Crippen molar-refractivity contribution >= 4 is 64.9 Å². The summed E-state index contributed by atoms with van der Waals surface area (Å²) < 4.78 is 0. The number of aliphatic hydroxyl groups excluding tert-OH is 1. The number of ketones is 2. The molecule has 2 aromatic carbocycles. The van der Waals surface area contributed by atoms with Gasteiger partial charge in [-0.1, -0.05) is 74.6 Å². The lowest BCUT2D eigenvalue weighted by atomic mass is 9.84. The second-order valence-corrected chi connectivity index (χ2v) is 18.0. The van der Waals surface area contributed by atoms with E-state index in [9.17, 15) is 68.4 Å². The Kier molecular flexibility index (Phi) is 24.8. The van der Waals surface area contributed by atoms with Crippen molar-refractivity contribution in [2.24, 2.45) is 28.3 Å². The van der Waals surface area contributed by atoms with E-state index in [-0.39, 0.29) is 69.1 Å². The lowest BCUT2D eigenvalue weighted by Crippen LogP contribution is -2.60. The van der Waals surface area contributed by atoms with Gasteiger partial charge in [0, 0.05) is 31.7 Å². The number of Topliss-reactive ketones (excluding diaryl/α,β-unsaturated/α-hetero) is 2. The molecule has 72 heavy (non-hydrogen) atoms. The molecule has 1 aliphatic rings. The number of hydrogen-bond donors (Lipinski definition) is 12. The van der Waals surface area contributed by atoms with E-state index in [1.807, 2.05) is 0 Å². The van der Waals surface area contributed by atoms with Crippen LogP contribution in [0, 0.1) is 11.8 Å². The van der Waals surface area contributed by atoms with Crippen LogP contribution in [0.25, 0.3) is 0 Å². The Morgan fingerprint density at radius 3 is 1.69 bits per heavy atom. The molecule has 0 aliphatic heterocycles. The van der Waals surface area contributed by atoms with Gasteiger partial charge in [-0.05, 0) is 75.1 Å². The summed E-state index contributed by atoms with van der Waals surface area (Å²) in [7, 11) is 0. The van der Waals surface area contributed by atoms with Crippen LogP contribution in [0.1, 0.15) is 102 Å². The molecule has 0 heterocycles. The van der Waals surface area contributed by atoms with Crippen LogP contribution in [0.5, 0.6) is 5.75 Å². The highest BCUT2D eigenvalue weighted by molar-refractivity contribution is 5.98. The number of carboxylic acid groups (broad SMARTS) is 2. The molecule has 5 unspecified atom stereocenters. The van der Waals surface area contributed by atoms with E-state index in [2.05, 4.69) is 36.9 Å². The van der Waals surface area contributed by atoms with Gasteiger partial charge in [0.05, 0.1) is 19.1 Å². The van der Waals surface area contributed by atoms with Crippen LogP contribution in [0.15, 0.2) is 59.6 Å². The molecule has 1 aliphatic carbocycles. The number of carbonyl (C=O) groups is 10. The van der Waals surface area contributed by atoms with E-state index < -0.39 is 121 Å². The number of amides is 6. The maximum atomic E-state index is 14.4. The summed E-state index contributed by atoms with van der Waals surface area (Å²) in [5.41, 5.74) is 12.1. The Labute approximate surface area is 417 Å². The van der Waals surface area contributed by atoms with Gasteiger partial charge in [0.1, 0.15) is 41.7 Å². The highest BCUT2D eigenvalue weighted by Gasteiger charge is 2.36. The first-order valence-corrected chi connectivity index (χ1v) is 23.9. The number of phenolic OH excluding ortho intramolecular Hbond substituents is 1. The molecule has 1 fully saturated rings. The zero-order valence-corrected chi connectivity index (χ0v) is 40.6. The van der Waals surface area contributed by atoms with Crippen molar-refractivity contribution in [2.75, 3.05) is 13.2 Å². The second kappa shape index (κ2) is 30.3. The molecule has 0 bridgehead atoms. The van der Waals surface area contributed by atoms with Crippen LogP contribution in [0.4, 0.5) is 0 Å². The van der Waals surface area contributed by atoms with Crippen LogP contribution < -0.4 is 43.4 Å². The average Bonchev–Trinajstić information content (AvgIpc) is 3.32. The summed E-state index contributed by atoms with van der Waals surface area (Å²) >= 11 is 0. The monoisotopic (exact) mass is 1010 g/mol. The van der Waals surface area contributed by atoms with Gasteiger partial charge in [-0.25, -0.2) is 0 Å². The van der Waals surface area contributed by atoms with Gasteiger partial charge < -0.3 is 68.6 Å². The predicted molar refractivity (Wildman–Crippen MR) is 260 cm³/mol. The highest BCUT2D eigenvalue weighted by atomic mass is 16.4. The van der Waals surface area contributed by atoms with Crippen molar-refractivity contribution in [3.8, 4) is 5.75 Å². The molecule has 0 spiro atoms. The number of benzene rings is 2. The predicted octanol–water partition coefficient (Wildman–Crippen LogP) is -0.374. The number of hydrogen-bond acceptors (Lipinski definition) is 13. The number of aliphatic hydroxyl groups is 1. The van der Waals surface area contributed by atoms with Gasteiger partial charge in [-0.3, -0.25) is 48.1 Å². The Hall–Kier alpha value is -7.43. The molecule has 1 saturated carbocycles. The SMILES string of the molecule is CC(=O)CC(CCC(=O)O)C(=O)NC(CC(=O)O)C(=O)N[C@@H](CC1CCCCC1)C(=O)NC(Cc1ccccc1)C(=O)NC(CO)C(=O)NC(CCCN=C(N)N)C(=O)N[C@@H](Cc1ccc(O)cc1)C(C)=O. The number of nitrogens with one attached hydrogen (secondary N) is 6. The van der Waals surface area contributed by atoms with Crippen LogP contribution >= 0.6 is 0 Å². The molecule has 0 aromatic heterocycles. The fraction of sp³-hybridized carbons (Fsp3) is 0.531. The Morgan fingerprint density at radius 1 is 0.597 bits per heavy atom. The lowest BCUT2D eigenvalue weighted by Gasteiger charge is -2.30. The third-order valence-electron chi connectivity index (χ3n) is 12.0. The van der Waals surface area contributed by atoms with Crippen LogP contribution in [-0.4, -0.2) is 135 Å². The molecule has 0 saturated heterocycles. The number of aromatic hydroxyl groups is 1. The van der Waals surface area contributed by atoms with Crippen molar-refractivity contribution in [1.82, 2.24) is 31.9 Å². The molecule has 6 amide bonds. The largest absolute Gasteiger partial charge is 0.508 e. The summed E-state index contributed by atoms with van der Waals surface area (Å²) in [6.45, 7) is 1.53. The minimum absolute atomic E-state index is 0.00405. The number of carboxylic acids is 2. The second-order valence-electron chi connectivity index (χ2n) is 18.0. The fourth-order valence-corrected chi connectivity index (χ4v) is 8.18. The van der Waals surface area contributed by atoms with E-state index in [0.29, 0.717) is 24.0 Å². The van der Waals surface area contributed by atoms with Gasteiger partial charge in [0.2, 0.25) is 35.4 Å². The molecular weight excluding hydrogens is 939 g/mol. The first-order valence-electron chi connectivity index (χ1n) is 23.9. The van der Waals surface area contributed by atoms with Crippen LogP contribution in [0.3, 0.4) is 0 Å². The maximum absolute atomic E-state index is 14.4. The smallest absolute Gasteiger partial charge is 0.305 e. The quantitative estimate of drug-likeness (QED) is 0.0260. The van der Waals surface area contributed by atoms with Gasteiger partial charge in [-0.15, -0.1) is 0 Å². The Balaban J connectivity index is 1.90. The van der Waals surface area contributed by atoms with Gasteiger partial charge >= 0.3 is 11.9 Å². The first-order chi connectivity index (χ1) is 34.1. The molecule has 14 N–H and O–H groups in total. The van der Waals surface area contributed by atoms with Crippen molar-refractivity contribution in [2.45, 2.75) is 140 Å². The third kappa shape index (κ3) is 21.7. The number of guanidine groups is 1. The third-order valence-corrected chi connectivity index (χ3v) is 12.0. The van der Waals surface area contributed by atoms with Crippen molar-refractivity contribution in [1.29, 1.82) is 0 Å². The van der Waals surface area contributed by atoms with E-state index in [4.69, 9.17) is 11.5 Å². The number of aliphatic carboxylic acids is 2. The van der Waals surface area contributed by atoms with Gasteiger partial charge in [0.25, 0.3) is 0 Å². The summed E-state index contributed by atoms with van der Waals surface area (Å²) in [5, 5.41) is 54.2. The molecule has 23 heteroatoms. The molecule has 2 aromatic rings. The van der Waals surface area contributed by atoms with Crippen LogP contribution in [0.2, 0.25) is 0 Å². The Morgan fingerprint density at radius 2 is 1.11 bits per heavy atom. The fourth-order valence-electron chi connectivity index (χ4n) is 8.18. The lowest BCUT2D eigenvalue weighted by molar-refractivity contribution is -0.142. The van der Waals surface area contributed by atoms with Crippen molar-refractivity contribution < 1.29 is 68.4 Å². The standard InChI is InChI=1S/C49H69N9O14/c1-28(60)22-33(17-20-41(63)64)43(67)55-39(26-42(65)66)47(71)57-37(24-30-10-5-3-6-11-30)45(69)56-38(25-31-12-7-4-8-13-31)46(70)58-40(27-59)48(72)53-35(14-9-21-52-49(50)51)44(68)54-36(29(2)61)23-32-15-18-34(62)19-16-32/h4,7-8,12-13,15-16,18-19,30,33,35-40,59,62H,3,5-6,9-11,14,17,20-27H2,1-2H3,(H,53,72)(H,54,68)(H,55,67)(H,56,69)(H,57,71)(H,58,70)(H,63,64)(H,65,66)(H4,50,51,52)/t33?,35?,36-,37-,38?,39?,40?/m0/s1. The minimum Gasteiger partial charge on any atom is -0.508 e. The summed E-state index contributed by atoms with van der Waals surface area (Å²) in [5.74, 6) is -10.8. The van der Waals surface area contributed by atoms with E-state index >= 15 is 0 Å². The van der Waals surface area contributed by atoms with Gasteiger partial charge in [-0.2, -0.15) is 0 Å². The molecule has 23 nitrogen and oxygen atoms in total. The number of aliphatic imine (C=N–C) groups is 1. The number of nitrogens with zero attached hydrogens (tertiary/aromatic N) is 1. The Bertz CT molecular complexity index is 2220. The average molecular weight is 1010 g/mol. The maximum Gasteiger partial charge on any atom is 0.305 e. The number of phenols is 1. The van der Waals surface area contributed by atoms with E-state index in [1.54, 1.807) is 42.5 Å². The normalized spacial score (nSPS) is 15.3. The highest BCUT2D eigenvalue weighted by Crippen LogP contribution is 2.28. The molecule has 0 radical (unpaired) electrons. The minimum atomic E-state index is -1.77. The zero-order chi connectivity index (χ0) is 53.3. The number of rotatable bonds is 31. The molecule has 7 atom stereocenters. The first kappa shape index (κ1) is 58.9. The summed E-state index contributed by atoms with van der Waals surface area (Å²) in [6.07, 6.45) is 1.91. The van der Waals surface area contributed by atoms with Crippen molar-refractivity contribution in [3.05, 3.63) is 65.7 Å². The molecule has 3 rings (SSSR count).